The van der Waals surface area contributed by atoms with Crippen molar-refractivity contribution in [3.05, 3.63) is 53.2 Å². The molecule has 0 saturated heterocycles. The summed E-state index contributed by atoms with van der Waals surface area (Å²) in [5.74, 6) is 1.10. The summed E-state index contributed by atoms with van der Waals surface area (Å²) in [7, 11) is 0. The van der Waals surface area contributed by atoms with Crippen LogP contribution in [0.25, 0.3) is 10.6 Å². The van der Waals surface area contributed by atoms with Gasteiger partial charge >= 0.3 is 0 Å². The van der Waals surface area contributed by atoms with E-state index in [0.29, 0.717) is 6.04 Å². The minimum absolute atomic E-state index is 0.290. The Balaban J connectivity index is 1.79. The largest absolute Gasteiger partial charge is 0.370 e. The predicted octanol–water partition coefficient (Wildman–Crippen LogP) is 3.72. The normalized spacial score (nSPS) is 17.3. The number of anilines is 1. The van der Waals surface area contributed by atoms with Crippen LogP contribution >= 0.6 is 11.3 Å². The van der Waals surface area contributed by atoms with Crippen LogP contribution in [0.4, 0.5) is 5.82 Å². The number of thiophene rings is 1. The first-order chi connectivity index (χ1) is 10.3. The molecule has 5 heteroatoms. The highest BCUT2D eigenvalue weighted by Crippen LogP contribution is 2.35. The second kappa shape index (κ2) is 5.00. The third kappa shape index (κ3) is 2.14. The van der Waals surface area contributed by atoms with E-state index < -0.39 is 0 Å². The number of aryl methyl sites for hydroxylation is 1. The van der Waals surface area contributed by atoms with Crippen molar-refractivity contribution < 1.29 is 0 Å². The van der Waals surface area contributed by atoms with Crippen LogP contribution in [0.1, 0.15) is 23.6 Å². The summed E-state index contributed by atoms with van der Waals surface area (Å²) >= 11 is 1.75. The van der Waals surface area contributed by atoms with Crippen LogP contribution in [0.3, 0.4) is 0 Å². The first-order valence-corrected chi connectivity index (χ1v) is 7.99. The monoisotopic (exact) mass is 296 g/mol. The Morgan fingerprint density at radius 3 is 2.90 bits per heavy atom. The van der Waals surface area contributed by atoms with E-state index in [1.54, 1.807) is 11.3 Å². The third-order valence-electron chi connectivity index (χ3n) is 3.94. The second-order valence-corrected chi connectivity index (χ2v) is 6.22. The van der Waals surface area contributed by atoms with Gasteiger partial charge in [0.05, 0.1) is 10.9 Å². The van der Waals surface area contributed by atoms with E-state index in [1.165, 1.54) is 16.0 Å². The number of pyridine rings is 1. The average Bonchev–Trinajstić information content (AvgIpc) is 3.13. The molecule has 4 heterocycles. The summed E-state index contributed by atoms with van der Waals surface area (Å²) in [6.45, 7) is 3.11. The summed E-state index contributed by atoms with van der Waals surface area (Å²) in [4.78, 5) is 5.37. The van der Waals surface area contributed by atoms with Gasteiger partial charge < -0.3 is 5.32 Å². The lowest BCUT2D eigenvalue weighted by molar-refractivity contribution is 0.483. The van der Waals surface area contributed by atoms with Crippen LogP contribution in [0, 0.1) is 6.92 Å². The van der Waals surface area contributed by atoms with Crippen molar-refractivity contribution >= 4 is 17.2 Å². The lowest BCUT2D eigenvalue weighted by Gasteiger charge is -2.25. The zero-order valence-corrected chi connectivity index (χ0v) is 12.6. The van der Waals surface area contributed by atoms with Gasteiger partial charge in [-0.1, -0.05) is 0 Å². The molecule has 0 spiro atoms. The Kier molecular flexibility index (Phi) is 3.00. The molecule has 1 unspecified atom stereocenters. The molecule has 1 aliphatic rings. The maximum absolute atomic E-state index is 4.86. The Bertz CT molecular complexity index is 760. The quantitative estimate of drug-likeness (QED) is 0.783. The molecule has 4 nitrogen and oxygen atoms in total. The number of nitrogens with one attached hydrogen (secondary N) is 1. The van der Waals surface area contributed by atoms with Crippen molar-refractivity contribution in [2.24, 2.45) is 0 Å². The van der Waals surface area contributed by atoms with Crippen LogP contribution < -0.4 is 5.32 Å². The first-order valence-electron chi connectivity index (χ1n) is 7.11. The van der Waals surface area contributed by atoms with E-state index in [4.69, 9.17) is 5.10 Å². The zero-order valence-electron chi connectivity index (χ0n) is 11.8. The number of aromatic nitrogens is 3. The van der Waals surface area contributed by atoms with Gasteiger partial charge in [0.2, 0.25) is 0 Å². The number of hydrogen-bond acceptors (Lipinski definition) is 4. The highest BCUT2D eigenvalue weighted by Gasteiger charge is 2.24. The molecule has 3 aromatic rings. The fraction of sp³-hybridized carbons (Fsp3) is 0.250. The minimum atomic E-state index is 0.290. The van der Waals surface area contributed by atoms with Gasteiger partial charge in [-0.05, 0) is 48.1 Å². The number of nitrogens with zero attached hydrogens (tertiary/aromatic N) is 3. The molecule has 3 aromatic heterocycles. The summed E-state index contributed by atoms with van der Waals surface area (Å²) in [6.07, 6.45) is 4.75. The first kappa shape index (κ1) is 12.6. The molecule has 1 aliphatic heterocycles. The van der Waals surface area contributed by atoms with Gasteiger partial charge in [-0.2, -0.15) is 5.10 Å². The van der Waals surface area contributed by atoms with Crippen LogP contribution in [-0.2, 0) is 0 Å². The zero-order chi connectivity index (χ0) is 14.2. The molecule has 0 saturated carbocycles. The highest BCUT2D eigenvalue weighted by molar-refractivity contribution is 7.13. The van der Waals surface area contributed by atoms with E-state index in [1.807, 2.05) is 12.4 Å². The molecule has 0 bridgehead atoms. The van der Waals surface area contributed by atoms with Crippen molar-refractivity contribution in [3.8, 4) is 10.6 Å². The van der Waals surface area contributed by atoms with Crippen LogP contribution in [0.5, 0.6) is 0 Å². The topological polar surface area (TPSA) is 42.7 Å². The van der Waals surface area contributed by atoms with Crippen LogP contribution in [-0.4, -0.2) is 21.3 Å². The summed E-state index contributed by atoms with van der Waals surface area (Å²) in [5, 5.41) is 10.4. The van der Waals surface area contributed by atoms with E-state index >= 15 is 0 Å². The Hall–Kier alpha value is -2.14. The molecule has 0 amide bonds. The summed E-state index contributed by atoms with van der Waals surface area (Å²) < 4.78 is 2.12. The van der Waals surface area contributed by atoms with E-state index in [2.05, 4.69) is 51.6 Å². The number of rotatable bonds is 2. The smallest absolute Gasteiger partial charge is 0.125 e. The number of fused-ring (bicyclic) bond motifs is 1. The van der Waals surface area contributed by atoms with Gasteiger partial charge in [-0.25, -0.2) is 4.68 Å². The summed E-state index contributed by atoms with van der Waals surface area (Å²) in [6, 6.07) is 8.76. The Labute approximate surface area is 127 Å². The number of hydrogen-bond donors (Lipinski definition) is 1. The van der Waals surface area contributed by atoms with Gasteiger partial charge in [0.15, 0.2) is 0 Å². The molecule has 106 valence electrons. The molecule has 1 atom stereocenters. The van der Waals surface area contributed by atoms with Crippen LogP contribution in [0.2, 0.25) is 0 Å². The van der Waals surface area contributed by atoms with Gasteiger partial charge in [0.25, 0.3) is 0 Å². The molecule has 0 radical (unpaired) electrons. The lowest BCUT2D eigenvalue weighted by atomic mass is 10.0. The maximum atomic E-state index is 4.86. The van der Waals surface area contributed by atoms with Gasteiger partial charge in [-0.15, -0.1) is 11.3 Å². The second-order valence-electron chi connectivity index (χ2n) is 5.30. The lowest BCUT2D eigenvalue weighted by Crippen LogP contribution is -2.24. The van der Waals surface area contributed by atoms with Crippen molar-refractivity contribution in [2.45, 2.75) is 19.4 Å². The SMILES string of the molecule is Cc1ccsc1-c1cc2n(n1)C(c1ccncc1)CCN2. The molecular weight excluding hydrogens is 280 g/mol. The fourth-order valence-electron chi connectivity index (χ4n) is 2.86. The molecule has 1 N–H and O–H groups in total. The highest BCUT2D eigenvalue weighted by atomic mass is 32.1. The van der Waals surface area contributed by atoms with Crippen molar-refractivity contribution in [3.63, 3.8) is 0 Å². The molecule has 0 fully saturated rings. The minimum Gasteiger partial charge on any atom is -0.370 e. The molecule has 0 aromatic carbocycles. The Morgan fingerprint density at radius 2 is 2.14 bits per heavy atom. The standard InChI is InChI=1S/C16H16N4S/c1-11-5-9-21-16(11)13-10-15-18-8-4-14(20(15)19-13)12-2-6-17-7-3-12/h2-3,5-7,9-10,14,18H,4,8H2,1H3. The molecule has 4 rings (SSSR count). The van der Waals surface area contributed by atoms with Crippen molar-refractivity contribution in [1.29, 1.82) is 0 Å². The molecule has 21 heavy (non-hydrogen) atoms. The predicted molar refractivity (Wildman–Crippen MR) is 85.8 cm³/mol. The maximum Gasteiger partial charge on any atom is 0.125 e. The van der Waals surface area contributed by atoms with Gasteiger partial charge in [-0.3, -0.25) is 4.98 Å². The van der Waals surface area contributed by atoms with E-state index in [0.717, 1.165) is 24.5 Å². The summed E-state index contributed by atoms with van der Waals surface area (Å²) in [5.41, 5.74) is 3.62. The van der Waals surface area contributed by atoms with Gasteiger partial charge in [0.1, 0.15) is 11.5 Å². The van der Waals surface area contributed by atoms with Gasteiger partial charge in [0, 0.05) is 25.0 Å². The molecular formula is C16H16N4S. The fourth-order valence-corrected chi connectivity index (χ4v) is 3.75. The van der Waals surface area contributed by atoms with Crippen molar-refractivity contribution in [1.82, 2.24) is 14.8 Å². The third-order valence-corrected chi connectivity index (χ3v) is 4.98. The van der Waals surface area contributed by atoms with Crippen molar-refractivity contribution in [2.75, 3.05) is 11.9 Å². The Morgan fingerprint density at radius 1 is 1.29 bits per heavy atom. The van der Waals surface area contributed by atoms with Crippen LogP contribution in [0.15, 0.2) is 42.0 Å². The van der Waals surface area contributed by atoms with E-state index in [-0.39, 0.29) is 0 Å². The molecule has 0 aliphatic carbocycles. The van der Waals surface area contributed by atoms with E-state index in [9.17, 15) is 0 Å². The average molecular weight is 296 g/mol.